The Hall–Kier alpha value is -1.81. The van der Waals surface area contributed by atoms with Gasteiger partial charge in [0.15, 0.2) is 0 Å². The van der Waals surface area contributed by atoms with Crippen LogP contribution in [0.3, 0.4) is 0 Å². The third kappa shape index (κ3) is 4.08. The summed E-state index contributed by atoms with van der Waals surface area (Å²) in [4.78, 5) is 4.16. The molecule has 2 aromatic rings. The maximum atomic E-state index is 14.0. The van der Waals surface area contributed by atoms with E-state index in [0.717, 1.165) is 24.1 Å². The second-order valence-corrected chi connectivity index (χ2v) is 5.15. The lowest BCUT2D eigenvalue weighted by molar-refractivity contribution is 0.482. The first-order valence-electron chi connectivity index (χ1n) is 7.20. The van der Waals surface area contributed by atoms with Crippen molar-refractivity contribution in [2.75, 3.05) is 6.54 Å². The van der Waals surface area contributed by atoms with Crippen molar-refractivity contribution >= 4 is 0 Å². The lowest BCUT2D eigenvalue weighted by Gasteiger charge is -2.19. The van der Waals surface area contributed by atoms with E-state index in [1.165, 1.54) is 18.2 Å². The number of nitrogens with one attached hydrogen (secondary N) is 1. The molecule has 1 heterocycles. The summed E-state index contributed by atoms with van der Waals surface area (Å²) in [5.41, 5.74) is 2.28. The van der Waals surface area contributed by atoms with Gasteiger partial charge in [0.25, 0.3) is 0 Å². The molecular formula is C17H20F2N2. The Labute approximate surface area is 124 Å². The van der Waals surface area contributed by atoms with Gasteiger partial charge in [0.2, 0.25) is 0 Å². The van der Waals surface area contributed by atoms with Crippen molar-refractivity contribution in [3.63, 3.8) is 0 Å². The molecule has 4 heteroatoms. The van der Waals surface area contributed by atoms with Crippen LogP contribution in [-0.4, -0.2) is 11.5 Å². The number of aryl methyl sites for hydroxylation is 1. The van der Waals surface area contributed by atoms with Crippen molar-refractivity contribution in [1.29, 1.82) is 0 Å². The molecule has 0 fully saturated rings. The number of halogens is 2. The Morgan fingerprint density at radius 1 is 1.24 bits per heavy atom. The second kappa shape index (κ2) is 7.27. The van der Waals surface area contributed by atoms with Crippen LogP contribution in [0.25, 0.3) is 0 Å². The molecule has 0 aliphatic heterocycles. The molecule has 0 saturated heterocycles. The molecule has 0 amide bonds. The minimum atomic E-state index is -0.314. The zero-order valence-corrected chi connectivity index (χ0v) is 12.4. The van der Waals surface area contributed by atoms with Crippen molar-refractivity contribution in [2.24, 2.45) is 0 Å². The molecule has 1 aromatic carbocycles. The smallest absolute Gasteiger partial charge is 0.146 e. The van der Waals surface area contributed by atoms with Crippen LogP contribution in [0.2, 0.25) is 0 Å². The second-order valence-electron chi connectivity index (χ2n) is 5.15. The highest BCUT2D eigenvalue weighted by molar-refractivity contribution is 5.28. The van der Waals surface area contributed by atoms with Gasteiger partial charge in [-0.2, -0.15) is 0 Å². The fourth-order valence-electron chi connectivity index (χ4n) is 2.35. The van der Waals surface area contributed by atoms with Gasteiger partial charge in [-0.1, -0.05) is 13.0 Å². The molecule has 0 aliphatic rings. The fraction of sp³-hybridized carbons (Fsp3) is 0.353. The normalized spacial score (nSPS) is 12.4. The molecule has 2 rings (SSSR count). The number of hydrogen-bond acceptors (Lipinski definition) is 2. The van der Waals surface area contributed by atoms with Gasteiger partial charge < -0.3 is 5.32 Å². The number of benzene rings is 1. The van der Waals surface area contributed by atoms with Crippen LogP contribution >= 0.6 is 0 Å². The summed E-state index contributed by atoms with van der Waals surface area (Å²) < 4.78 is 27.2. The Balaban J connectivity index is 2.26. The van der Waals surface area contributed by atoms with Gasteiger partial charge in [0, 0.05) is 6.20 Å². The Bertz CT molecular complexity index is 599. The van der Waals surface area contributed by atoms with E-state index in [-0.39, 0.29) is 17.7 Å². The third-order valence-corrected chi connectivity index (χ3v) is 3.49. The summed E-state index contributed by atoms with van der Waals surface area (Å²) in [6, 6.07) is 7.48. The summed E-state index contributed by atoms with van der Waals surface area (Å²) in [5.74, 6) is -0.566. The molecule has 1 N–H and O–H groups in total. The average molecular weight is 290 g/mol. The topological polar surface area (TPSA) is 24.9 Å². The number of pyridine rings is 1. The Kier molecular flexibility index (Phi) is 5.39. The van der Waals surface area contributed by atoms with Crippen molar-refractivity contribution in [3.8, 4) is 0 Å². The van der Waals surface area contributed by atoms with Gasteiger partial charge in [-0.3, -0.25) is 4.98 Å². The first-order chi connectivity index (χ1) is 10.1. The average Bonchev–Trinajstić information content (AvgIpc) is 2.46. The van der Waals surface area contributed by atoms with Crippen molar-refractivity contribution in [2.45, 2.75) is 32.7 Å². The van der Waals surface area contributed by atoms with Gasteiger partial charge in [0.1, 0.15) is 11.6 Å². The van der Waals surface area contributed by atoms with Gasteiger partial charge in [-0.15, -0.1) is 0 Å². The predicted molar refractivity (Wildman–Crippen MR) is 80.1 cm³/mol. The number of rotatable bonds is 6. The first kappa shape index (κ1) is 15.6. The van der Waals surface area contributed by atoms with E-state index in [0.29, 0.717) is 12.1 Å². The molecule has 0 spiro atoms. The van der Waals surface area contributed by atoms with Crippen LogP contribution in [0.5, 0.6) is 0 Å². The molecule has 1 unspecified atom stereocenters. The minimum absolute atomic E-state index is 0.213. The van der Waals surface area contributed by atoms with Crippen LogP contribution in [0.4, 0.5) is 8.78 Å². The van der Waals surface area contributed by atoms with E-state index in [2.05, 4.69) is 17.2 Å². The summed E-state index contributed by atoms with van der Waals surface area (Å²) in [6.45, 7) is 4.70. The van der Waals surface area contributed by atoms with E-state index >= 15 is 0 Å². The minimum Gasteiger partial charge on any atom is -0.308 e. The van der Waals surface area contributed by atoms with Gasteiger partial charge in [-0.05, 0) is 61.7 Å². The molecule has 112 valence electrons. The van der Waals surface area contributed by atoms with Gasteiger partial charge in [0.05, 0.1) is 11.7 Å². The van der Waals surface area contributed by atoms with Crippen LogP contribution in [0.1, 0.15) is 36.2 Å². The highest BCUT2D eigenvalue weighted by Crippen LogP contribution is 2.21. The maximum absolute atomic E-state index is 14.0. The Morgan fingerprint density at radius 2 is 2.05 bits per heavy atom. The van der Waals surface area contributed by atoms with Crippen LogP contribution in [-0.2, 0) is 6.42 Å². The molecular weight excluding hydrogens is 270 g/mol. The molecule has 0 aliphatic carbocycles. The molecule has 1 atom stereocenters. The lowest BCUT2D eigenvalue weighted by atomic mass is 9.98. The quantitative estimate of drug-likeness (QED) is 0.871. The van der Waals surface area contributed by atoms with Crippen LogP contribution in [0.15, 0.2) is 36.5 Å². The first-order valence-corrected chi connectivity index (χ1v) is 7.20. The molecule has 0 saturated carbocycles. The number of aromatic nitrogens is 1. The van der Waals surface area contributed by atoms with E-state index in [1.807, 2.05) is 6.92 Å². The maximum Gasteiger partial charge on any atom is 0.146 e. The molecule has 2 nitrogen and oxygen atoms in total. The third-order valence-electron chi connectivity index (χ3n) is 3.49. The van der Waals surface area contributed by atoms with E-state index in [9.17, 15) is 8.78 Å². The lowest BCUT2D eigenvalue weighted by Crippen LogP contribution is -2.26. The summed E-state index contributed by atoms with van der Waals surface area (Å²) in [6.07, 6.45) is 3.13. The summed E-state index contributed by atoms with van der Waals surface area (Å²) >= 11 is 0. The summed E-state index contributed by atoms with van der Waals surface area (Å²) in [5, 5.41) is 3.32. The molecule has 0 bridgehead atoms. The van der Waals surface area contributed by atoms with Crippen LogP contribution in [0, 0.1) is 18.6 Å². The SMILES string of the molecule is CCCNC(Cc1ccc(F)cc1C)c1ncccc1F. The van der Waals surface area contributed by atoms with E-state index in [4.69, 9.17) is 0 Å². The highest BCUT2D eigenvalue weighted by atomic mass is 19.1. The molecule has 0 radical (unpaired) electrons. The zero-order chi connectivity index (χ0) is 15.2. The van der Waals surface area contributed by atoms with Crippen molar-refractivity contribution in [3.05, 3.63) is 65.0 Å². The standard InChI is InChI=1S/C17H20F2N2/c1-3-8-20-16(17-15(19)5-4-9-21-17)11-13-6-7-14(18)10-12(13)2/h4-7,9-10,16,20H,3,8,11H2,1-2H3. The van der Waals surface area contributed by atoms with E-state index < -0.39 is 0 Å². The van der Waals surface area contributed by atoms with Crippen molar-refractivity contribution in [1.82, 2.24) is 10.3 Å². The molecule has 21 heavy (non-hydrogen) atoms. The largest absolute Gasteiger partial charge is 0.308 e. The molecule has 1 aromatic heterocycles. The monoisotopic (exact) mass is 290 g/mol. The number of hydrogen-bond donors (Lipinski definition) is 1. The van der Waals surface area contributed by atoms with Crippen LogP contribution < -0.4 is 5.32 Å². The highest BCUT2D eigenvalue weighted by Gasteiger charge is 2.18. The fourth-order valence-corrected chi connectivity index (χ4v) is 2.35. The summed E-state index contributed by atoms with van der Waals surface area (Å²) in [7, 11) is 0. The number of nitrogens with zero attached hydrogens (tertiary/aromatic N) is 1. The van der Waals surface area contributed by atoms with Gasteiger partial charge >= 0.3 is 0 Å². The van der Waals surface area contributed by atoms with E-state index in [1.54, 1.807) is 18.3 Å². The van der Waals surface area contributed by atoms with Crippen molar-refractivity contribution < 1.29 is 8.78 Å². The predicted octanol–water partition coefficient (Wildman–Crippen LogP) is 3.95. The zero-order valence-electron chi connectivity index (χ0n) is 12.4. The van der Waals surface area contributed by atoms with Gasteiger partial charge in [-0.25, -0.2) is 8.78 Å². The Morgan fingerprint density at radius 3 is 2.71 bits per heavy atom.